The van der Waals surface area contributed by atoms with Crippen molar-refractivity contribution in [1.29, 1.82) is 0 Å². The largest absolute Gasteiger partial charge is 0.462 e. The first-order valence-electron chi connectivity index (χ1n) is 36.6. The minimum Gasteiger partial charge on any atom is -0.462 e. The van der Waals surface area contributed by atoms with Gasteiger partial charge in [-0.2, -0.15) is 0 Å². The standard InChI is InChI=1S/C76H140O6/c1-4-7-10-13-16-19-22-24-26-28-30-32-34-36-38-40-42-44-46-48-50-52-54-57-60-63-66-69-75(78)81-72-73(71-80-74(77)68-65-62-59-56-21-18-15-12-9-6-3)82-76(79)70-67-64-61-58-55-53-51-49-47-45-43-41-39-37-35-33-31-29-27-25-23-20-17-14-11-8-5-2/h12,15,22,24,28-31,73H,4-11,13-14,16-21,23,25-27,32-72H2,1-3H3/b15-12-,24-22-,30-28-,31-29-. The molecule has 1 unspecified atom stereocenters. The van der Waals surface area contributed by atoms with Gasteiger partial charge in [-0.05, 0) is 96.3 Å². The van der Waals surface area contributed by atoms with Gasteiger partial charge in [-0.15, -0.1) is 0 Å². The molecule has 480 valence electrons. The van der Waals surface area contributed by atoms with Crippen LogP contribution >= 0.6 is 0 Å². The van der Waals surface area contributed by atoms with Gasteiger partial charge in [0.1, 0.15) is 13.2 Å². The summed E-state index contributed by atoms with van der Waals surface area (Å²) in [6, 6.07) is 0. The van der Waals surface area contributed by atoms with Gasteiger partial charge < -0.3 is 14.2 Å². The fourth-order valence-electron chi connectivity index (χ4n) is 11.0. The Bertz CT molecular complexity index is 1410. The summed E-state index contributed by atoms with van der Waals surface area (Å²) < 4.78 is 17.0. The molecular weight excluding hydrogens is 1010 g/mol. The maximum Gasteiger partial charge on any atom is 0.306 e. The van der Waals surface area contributed by atoms with E-state index in [0.29, 0.717) is 19.3 Å². The molecule has 0 fully saturated rings. The molecule has 6 nitrogen and oxygen atoms in total. The van der Waals surface area contributed by atoms with E-state index in [1.165, 1.54) is 283 Å². The summed E-state index contributed by atoms with van der Waals surface area (Å²) in [7, 11) is 0. The zero-order valence-corrected chi connectivity index (χ0v) is 55.3. The lowest BCUT2D eigenvalue weighted by Gasteiger charge is -2.18. The number of rotatable bonds is 68. The lowest BCUT2D eigenvalue weighted by atomic mass is 10.0. The predicted octanol–water partition coefficient (Wildman–Crippen LogP) is 25.3. The zero-order valence-electron chi connectivity index (χ0n) is 55.3. The molecule has 0 saturated carbocycles. The van der Waals surface area contributed by atoms with Crippen LogP contribution in [0.1, 0.15) is 400 Å². The predicted molar refractivity (Wildman–Crippen MR) is 358 cm³/mol. The zero-order chi connectivity index (χ0) is 59.2. The highest BCUT2D eigenvalue weighted by molar-refractivity contribution is 5.71. The maximum atomic E-state index is 12.9. The molecule has 0 heterocycles. The summed E-state index contributed by atoms with van der Waals surface area (Å²) in [5.74, 6) is -0.858. The fourth-order valence-corrected chi connectivity index (χ4v) is 11.0. The second kappa shape index (κ2) is 70.9. The topological polar surface area (TPSA) is 78.9 Å². The number of carbonyl (C=O) groups excluding carboxylic acids is 3. The summed E-state index contributed by atoms with van der Waals surface area (Å²) in [6.45, 7) is 6.63. The highest BCUT2D eigenvalue weighted by Crippen LogP contribution is 2.18. The molecule has 0 rings (SSSR count). The van der Waals surface area contributed by atoms with E-state index in [1.54, 1.807) is 0 Å². The van der Waals surface area contributed by atoms with Crippen LogP contribution in [0.25, 0.3) is 0 Å². The molecule has 1 atom stereocenters. The van der Waals surface area contributed by atoms with Crippen LogP contribution in [-0.4, -0.2) is 37.2 Å². The van der Waals surface area contributed by atoms with Crippen molar-refractivity contribution in [2.45, 2.75) is 406 Å². The van der Waals surface area contributed by atoms with E-state index in [4.69, 9.17) is 14.2 Å². The average Bonchev–Trinajstić information content (AvgIpc) is 3.47. The van der Waals surface area contributed by atoms with E-state index in [9.17, 15) is 14.4 Å². The molecule has 0 aliphatic carbocycles. The van der Waals surface area contributed by atoms with Gasteiger partial charge >= 0.3 is 17.9 Å². The highest BCUT2D eigenvalue weighted by atomic mass is 16.6. The molecule has 0 spiro atoms. The molecular formula is C76H140O6. The Kier molecular flexibility index (Phi) is 68.6. The van der Waals surface area contributed by atoms with Gasteiger partial charge in [0.05, 0.1) is 0 Å². The van der Waals surface area contributed by atoms with E-state index >= 15 is 0 Å². The molecule has 0 saturated heterocycles. The van der Waals surface area contributed by atoms with E-state index < -0.39 is 6.10 Å². The van der Waals surface area contributed by atoms with Gasteiger partial charge in [0.25, 0.3) is 0 Å². The third-order valence-corrected chi connectivity index (χ3v) is 16.5. The lowest BCUT2D eigenvalue weighted by molar-refractivity contribution is -0.167. The maximum absolute atomic E-state index is 12.9. The molecule has 0 aromatic carbocycles. The Morgan fingerprint density at radius 1 is 0.244 bits per heavy atom. The van der Waals surface area contributed by atoms with Gasteiger partial charge in [0.15, 0.2) is 6.10 Å². The normalized spacial score (nSPS) is 12.3. The van der Waals surface area contributed by atoms with Crippen LogP contribution in [0.2, 0.25) is 0 Å². The Morgan fingerprint density at radius 3 is 0.732 bits per heavy atom. The number of allylic oxidation sites excluding steroid dienone is 8. The smallest absolute Gasteiger partial charge is 0.306 e. The SMILES string of the molecule is CCC/C=C\CCCCCCCC(=O)OCC(COC(=O)CCCCCCCCCCCCCCCCC/C=C\C/C=C\CCCCCCC)OC(=O)CCCCCCCCCCCCCCCCC/C=C\CCCCCCCCCC. The van der Waals surface area contributed by atoms with Crippen molar-refractivity contribution in [1.82, 2.24) is 0 Å². The Balaban J connectivity index is 4.13. The van der Waals surface area contributed by atoms with Gasteiger partial charge in [0, 0.05) is 19.3 Å². The van der Waals surface area contributed by atoms with Crippen LogP contribution in [0.3, 0.4) is 0 Å². The number of ether oxygens (including phenoxy) is 3. The van der Waals surface area contributed by atoms with E-state index in [1.807, 2.05) is 0 Å². The highest BCUT2D eigenvalue weighted by Gasteiger charge is 2.19. The molecule has 0 bridgehead atoms. The number of unbranched alkanes of at least 4 members (excludes halogenated alkanes) is 49. The van der Waals surface area contributed by atoms with Crippen LogP contribution < -0.4 is 0 Å². The number of esters is 3. The number of carbonyl (C=O) groups is 3. The summed E-state index contributed by atoms with van der Waals surface area (Å²) >= 11 is 0. The minimum absolute atomic E-state index is 0.0717. The Hall–Kier alpha value is -2.63. The van der Waals surface area contributed by atoms with Crippen molar-refractivity contribution in [3.05, 3.63) is 48.6 Å². The van der Waals surface area contributed by atoms with E-state index in [0.717, 1.165) is 77.0 Å². The molecule has 82 heavy (non-hydrogen) atoms. The van der Waals surface area contributed by atoms with Crippen LogP contribution in [0.15, 0.2) is 48.6 Å². The Morgan fingerprint density at radius 2 is 0.463 bits per heavy atom. The molecule has 0 aromatic heterocycles. The van der Waals surface area contributed by atoms with Crippen molar-refractivity contribution in [2.24, 2.45) is 0 Å². The van der Waals surface area contributed by atoms with Crippen LogP contribution in [0.4, 0.5) is 0 Å². The summed E-state index contributed by atoms with van der Waals surface area (Å²) in [5, 5.41) is 0. The summed E-state index contributed by atoms with van der Waals surface area (Å²) in [4.78, 5) is 38.4. The van der Waals surface area contributed by atoms with Crippen molar-refractivity contribution in [2.75, 3.05) is 13.2 Å². The first-order chi connectivity index (χ1) is 40.5. The summed E-state index contributed by atoms with van der Waals surface area (Å²) in [5.41, 5.74) is 0. The first-order valence-corrected chi connectivity index (χ1v) is 36.6. The third kappa shape index (κ3) is 68.2. The van der Waals surface area contributed by atoms with Crippen molar-refractivity contribution in [3.63, 3.8) is 0 Å². The first kappa shape index (κ1) is 79.4. The lowest BCUT2D eigenvalue weighted by Crippen LogP contribution is -2.30. The molecule has 6 heteroatoms. The molecule has 0 aliphatic heterocycles. The van der Waals surface area contributed by atoms with Crippen molar-refractivity contribution >= 4 is 17.9 Å². The molecule has 0 N–H and O–H groups in total. The monoisotopic (exact) mass is 1150 g/mol. The third-order valence-electron chi connectivity index (χ3n) is 16.5. The molecule has 0 aliphatic rings. The van der Waals surface area contributed by atoms with Crippen LogP contribution in [-0.2, 0) is 28.6 Å². The summed E-state index contributed by atoms with van der Waals surface area (Å²) in [6.07, 6.45) is 90.2. The van der Waals surface area contributed by atoms with Gasteiger partial charge in [0.2, 0.25) is 0 Å². The molecule has 0 aromatic rings. The van der Waals surface area contributed by atoms with Gasteiger partial charge in [-0.1, -0.05) is 333 Å². The number of hydrogen-bond acceptors (Lipinski definition) is 6. The van der Waals surface area contributed by atoms with Crippen molar-refractivity contribution < 1.29 is 28.6 Å². The minimum atomic E-state index is -0.775. The van der Waals surface area contributed by atoms with Gasteiger partial charge in [-0.3, -0.25) is 14.4 Å². The van der Waals surface area contributed by atoms with Crippen LogP contribution in [0, 0.1) is 0 Å². The second-order valence-electron chi connectivity index (χ2n) is 24.8. The molecule has 0 radical (unpaired) electrons. The number of hydrogen-bond donors (Lipinski definition) is 0. The van der Waals surface area contributed by atoms with Gasteiger partial charge in [-0.25, -0.2) is 0 Å². The van der Waals surface area contributed by atoms with Crippen molar-refractivity contribution in [3.8, 4) is 0 Å². The quantitative estimate of drug-likeness (QED) is 0.0261. The van der Waals surface area contributed by atoms with E-state index in [-0.39, 0.29) is 31.1 Å². The Labute approximate surface area is 511 Å². The average molecular weight is 1150 g/mol. The molecule has 0 amide bonds. The van der Waals surface area contributed by atoms with E-state index in [2.05, 4.69) is 69.4 Å². The van der Waals surface area contributed by atoms with Crippen LogP contribution in [0.5, 0.6) is 0 Å². The second-order valence-corrected chi connectivity index (χ2v) is 24.8. The fraction of sp³-hybridized carbons (Fsp3) is 0.855.